The van der Waals surface area contributed by atoms with Gasteiger partial charge in [-0.05, 0) is 101 Å². The molecule has 0 bridgehead atoms. The molecule has 0 N–H and O–H groups in total. The van der Waals surface area contributed by atoms with Crippen molar-refractivity contribution < 1.29 is 4.42 Å². The molecular weight excluding hydrogens is 689 g/mol. The maximum absolute atomic E-state index is 14.4. The molecule has 3 aromatic heterocycles. The molecule has 0 saturated heterocycles. The molecule has 0 spiro atoms. The zero-order valence-electron chi connectivity index (χ0n) is 30.1. The smallest absolute Gasteiger partial charge is 0.267 e. The van der Waals surface area contributed by atoms with Gasteiger partial charge in [-0.25, -0.2) is 9.55 Å². The zero-order chi connectivity index (χ0) is 37.2. The summed E-state index contributed by atoms with van der Waals surface area (Å²) in [7, 11) is 0. The minimum Gasteiger partial charge on any atom is -0.456 e. The summed E-state index contributed by atoms with van der Waals surface area (Å²) in [5.41, 5.74) is 12.3. The van der Waals surface area contributed by atoms with Gasteiger partial charge < -0.3 is 9.32 Å². The highest BCUT2D eigenvalue weighted by Crippen LogP contribution is 2.43. The van der Waals surface area contributed by atoms with Gasteiger partial charge in [-0.2, -0.15) is 0 Å². The molecule has 8 aromatic carbocycles. The highest BCUT2D eigenvalue weighted by molar-refractivity contribution is 6.13. The van der Waals surface area contributed by atoms with Gasteiger partial charge in [0.05, 0.1) is 38.7 Å². The fourth-order valence-electron chi connectivity index (χ4n) is 8.11. The van der Waals surface area contributed by atoms with Crippen molar-refractivity contribution in [2.24, 2.45) is 0 Å². The first-order valence-corrected chi connectivity index (χ1v) is 18.7. The molecule has 56 heavy (non-hydrogen) atoms. The standard InChI is InChI=1S/C50H32N4O2/c55-49-41-32-36(26-31-43(41)54-44-18-9-8-17-42(44)51-50(54)53(49)37-14-5-2-6-15-37)35-24-29-39(30-25-35)52(38-27-22-34(23-28-38)33-12-3-1-4-13-33)45-19-11-21-47-48(45)40-16-7-10-20-46(40)56-47/h1-32H. The van der Waals surface area contributed by atoms with Gasteiger partial charge in [0, 0.05) is 16.8 Å². The normalized spacial score (nSPS) is 11.6. The fraction of sp³-hybridized carbons (Fsp3) is 0. The zero-order valence-corrected chi connectivity index (χ0v) is 30.1. The quantitative estimate of drug-likeness (QED) is 0.172. The first-order valence-electron chi connectivity index (χ1n) is 18.7. The number of nitrogens with zero attached hydrogens (tertiary/aromatic N) is 4. The van der Waals surface area contributed by atoms with E-state index in [-0.39, 0.29) is 5.56 Å². The van der Waals surface area contributed by atoms with E-state index >= 15 is 0 Å². The number of furan rings is 1. The van der Waals surface area contributed by atoms with E-state index in [1.54, 1.807) is 4.57 Å². The van der Waals surface area contributed by atoms with Crippen LogP contribution < -0.4 is 10.5 Å². The van der Waals surface area contributed by atoms with Crippen LogP contribution in [0.1, 0.15) is 0 Å². The molecular formula is C50H32N4O2. The Bertz CT molecular complexity index is 3310. The molecule has 0 aliphatic heterocycles. The Morgan fingerprint density at radius 2 is 1.09 bits per heavy atom. The number of para-hydroxylation sites is 4. The first kappa shape index (κ1) is 31.8. The van der Waals surface area contributed by atoms with E-state index in [0.717, 1.165) is 77.9 Å². The second-order valence-electron chi connectivity index (χ2n) is 14.0. The summed E-state index contributed by atoms with van der Waals surface area (Å²) >= 11 is 0. The Labute approximate surface area is 321 Å². The average molecular weight is 721 g/mol. The van der Waals surface area contributed by atoms with E-state index in [4.69, 9.17) is 9.40 Å². The van der Waals surface area contributed by atoms with Gasteiger partial charge in [-0.1, -0.05) is 115 Å². The number of imidazole rings is 1. The maximum atomic E-state index is 14.4. The number of hydrogen-bond acceptors (Lipinski definition) is 4. The van der Waals surface area contributed by atoms with E-state index in [1.165, 1.54) is 5.56 Å². The van der Waals surface area contributed by atoms with E-state index in [2.05, 4.69) is 118 Å². The predicted octanol–water partition coefficient (Wildman–Crippen LogP) is 12.5. The van der Waals surface area contributed by atoms with Crippen LogP contribution in [0.2, 0.25) is 0 Å². The van der Waals surface area contributed by atoms with Crippen LogP contribution >= 0.6 is 0 Å². The second kappa shape index (κ2) is 12.7. The number of fused-ring (bicyclic) bond motifs is 8. The van der Waals surface area contributed by atoms with Crippen molar-refractivity contribution in [3.05, 3.63) is 204 Å². The largest absolute Gasteiger partial charge is 0.456 e. The van der Waals surface area contributed by atoms with Gasteiger partial charge in [-0.3, -0.25) is 9.20 Å². The summed E-state index contributed by atoms with van der Waals surface area (Å²) in [5.74, 6) is 0.587. The van der Waals surface area contributed by atoms with Crippen molar-refractivity contribution in [3.8, 4) is 27.9 Å². The van der Waals surface area contributed by atoms with Gasteiger partial charge in [-0.15, -0.1) is 0 Å². The average Bonchev–Trinajstić information content (AvgIpc) is 3.84. The Morgan fingerprint density at radius 1 is 0.482 bits per heavy atom. The fourth-order valence-corrected chi connectivity index (χ4v) is 8.11. The minimum atomic E-state index is -0.113. The predicted molar refractivity (Wildman–Crippen MR) is 229 cm³/mol. The summed E-state index contributed by atoms with van der Waals surface area (Å²) in [6.45, 7) is 0. The van der Waals surface area contributed by atoms with Crippen LogP contribution in [-0.4, -0.2) is 14.0 Å². The molecule has 11 aromatic rings. The van der Waals surface area contributed by atoms with Gasteiger partial charge in [0.2, 0.25) is 5.78 Å². The first-order chi connectivity index (χ1) is 27.7. The van der Waals surface area contributed by atoms with Crippen LogP contribution in [0.3, 0.4) is 0 Å². The van der Waals surface area contributed by atoms with Crippen LogP contribution in [0.5, 0.6) is 0 Å². The van der Waals surface area contributed by atoms with Crippen LogP contribution in [0, 0.1) is 0 Å². The van der Waals surface area contributed by atoms with Gasteiger partial charge in [0.1, 0.15) is 11.2 Å². The lowest BCUT2D eigenvalue weighted by atomic mass is 10.0. The van der Waals surface area contributed by atoms with Crippen LogP contribution in [-0.2, 0) is 0 Å². The number of hydrogen-bond donors (Lipinski definition) is 0. The molecule has 6 heteroatoms. The lowest BCUT2D eigenvalue weighted by molar-refractivity contribution is 0.669. The topological polar surface area (TPSA) is 55.7 Å². The van der Waals surface area contributed by atoms with Crippen LogP contribution in [0.4, 0.5) is 17.1 Å². The Hall–Kier alpha value is -7.70. The molecule has 0 aliphatic carbocycles. The second-order valence-corrected chi connectivity index (χ2v) is 14.0. The highest BCUT2D eigenvalue weighted by atomic mass is 16.3. The molecule has 3 heterocycles. The van der Waals surface area contributed by atoms with Crippen molar-refractivity contribution in [1.82, 2.24) is 14.0 Å². The summed E-state index contributed by atoms with van der Waals surface area (Å²) in [6.07, 6.45) is 0. The maximum Gasteiger partial charge on any atom is 0.267 e. The Kier molecular flexibility index (Phi) is 7.22. The molecule has 6 nitrogen and oxygen atoms in total. The third-order valence-corrected chi connectivity index (χ3v) is 10.7. The lowest BCUT2D eigenvalue weighted by Crippen LogP contribution is -2.21. The molecule has 0 radical (unpaired) electrons. The Morgan fingerprint density at radius 3 is 1.86 bits per heavy atom. The van der Waals surface area contributed by atoms with Crippen LogP contribution in [0.25, 0.3) is 77.6 Å². The van der Waals surface area contributed by atoms with Crippen molar-refractivity contribution in [1.29, 1.82) is 0 Å². The van der Waals surface area contributed by atoms with Crippen molar-refractivity contribution in [2.45, 2.75) is 0 Å². The summed E-state index contributed by atoms with van der Waals surface area (Å²) in [5, 5.41) is 2.74. The number of benzene rings is 8. The van der Waals surface area contributed by atoms with Crippen LogP contribution in [0.15, 0.2) is 203 Å². The highest BCUT2D eigenvalue weighted by Gasteiger charge is 2.21. The third-order valence-electron chi connectivity index (χ3n) is 10.7. The van der Waals surface area contributed by atoms with Crippen molar-refractivity contribution in [2.75, 3.05) is 4.90 Å². The summed E-state index contributed by atoms with van der Waals surface area (Å²) < 4.78 is 10.1. The van der Waals surface area contributed by atoms with E-state index in [0.29, 0.717) is 11.2 Å². The molecule has 0 saturated carbocycles. The Balaban J connectivity index is 1.06. The van der Waals surface area contributed by atoms with Gasteiger partial charge >= 0.3 is 0 Å². The van der Waals surface area contributed by atoms with E-state index < -0.39 is 0 Å². The lowest BCUT2D eigenvalue weighted by Gasteiger charge is -2.26. The summed E-state index contributed by atoms with van der Waals surface area (Å²) in [4.78, 5) is 21.7. The monoisotopic (exact) mass is 720 g/mol. The number of rotatable bonds is 6. The molecule has 0 fully saturated rings. The molecule has 0 atom stereocenters. The number of aromatic nitrogens is 3. The molecule has 0 aliphatic rings. The van der Waals surface area contributed by atoms with Crippen molar-refractivity contribution in [3.63, 3.8) is 0 Å². The molecule has 264 valence electrons. The minimum absolute atomic E-state index is 0.113. The molecule has 0 unspecified atom stereocenters. The SMILES string of the molecule is O=c1c2cc(-c3ccc(N(c4ccc(-c5ccccc5)cc4)c4cccc5oc6ccccc6c45)cc3)ccc2n2c3ccccc3nc2n1-c1ccccc1. The van der Waals surface area contributed by atoms with Crippen molar-refractivity contribution >= 4 is 66.7 Å². The van der Waals surface area contributed by atoms with E-state index in [1.807, 2.05) is 84.9 Å². The van der Waals surface area contributed by atoms with Gasteiger partial charge in [0.25, 0.3) is 5.56 Å². The number of anilines is 3. The summed E-state index contributed by atoms with van der Waals surface area (Å²) in [6, 6.07) is 66.1. The van der Waals surface area contributed by atoms with Gasteiger partial charge in [0.15, 0.2) is 0 Å². The molecule has 11 rings (SSSR count). The molecule has 0 amide bonds. The third kappa shape index (κ3) is 5.04. The van der Waals surface area contributed by atoms with E-state index in [9.17, 15) is 4.79 Å².